The van der Waals surface area contributed by atoms with Crippen molar-refractivity contribution in [3.8, 4) is 0 Å². The average Bonchev–Trinajstić information content (AvgIpc) is 2.70. The van der Waals surface area contributed by atoms with Crippen LogP contribution in [0.15, 0.2) is 5.38 Å². The molecule has 0 aliphatic rings. The number of thiazole rings is 1. The van der Waals surface area contributed by atoms with Gasteiger partial charge < -0.3 is 10.4 Å². The minimum atomic E-state index is -0.993. The molecule has 0 spiro atoms. The minimum Gasteiger partial charge on any atom is -0.480 e. The average molecular weight is 270 g/mol. The molecule has 0 saturated heterocycles. The van der Waals surface area contributed by atoms with Gasteiger partial charge in [-0.3, -0.25) is 4.79 Å². The van der Waals surface area contributed by atoms with Gasteiger partial charge in [0.25, 0.3) is 0 Å². The van der Waals surface area contributed by atoms with Crippen molar-refractivity contribution in [2.75, 3.05) is 0 Å². The lowest BCUT2D eigenvalue weighted by molar-refractivity contribution is -0.143. The number of carbonyl (C=O) groups is 2. The number of nitrogens with one attached hydrogen (secondary N) is 1. The summed E-state index contributed by atoms with van der Waals surface area (Å²) in [5.74, 6) is -1.39. The lowest BCUT2D eigenvalue weighted by Crippen LogP contribution is -2.45. The first-order valence-electron chi connectivity index (χ1n) is 5.87. The van der Waals surface area contributed by atoms with Crippen molar-refractivity contribution in [3.63, 3.8) is 0 Å². The Labute approximate surface area is 110 Å². The Kier molecular flexibility index (Phi) is 5.27. The molecule has 18 heavy (non-hydrogen) atoms. The van der Waals surface area contributed by atoms with Crippen molar-refractivity contribution in [3.05, 3.63) is 16.1 Å². The summed E-state index contributed by atoms with van der Waals surface area (Å²) in [5.41, 5.74) is 0.684. The van der Waals surface area contributed by atoms with E-state index in [-0.39, 0.29) is 18.2 Å². The van der Waals surface area contributed by atoms with Crippen LogP contribution in [0.4, 0.5) is 0 Å². The number of aromatic nitrogens is 1. The molecule has 0 radical (unpaired) electrons. The Morgan fingerprint density at radius 1 is 1.56 bits per heavy atom. The van der Waals surface area contributed by atoms with Gasteiger partial charge in [0.1, 0.15) is 6.04 Å². The molecule has 1 unspecified atom stereocenters. The highest BCUT2D eigenvalue weighted by Gasteiger charge is 2.25. The van der Waals surface area contributed by atoms with Gasteiger partial charge in [0, 0.05) is 5.38 Å². The van der Waals surface area contributed by atoms with Crippen LogP contribution in [0.1, 0.15) is 31.0 Å². The molecule has 0 saturated carbocycles. The number of aliphatic carboxylic acids is 1. The number of rotatable bonds is 6. The third-order valence-electron chi connectivity index (χ3n) is 2.80. The highest BCUT2D eigenvalue weighted by atomic mass is 32.1. The van der Waals surface area contributed by atoms with Crippen molar-refractivity contribution in [2.24, 2.45) is 5.92 Å². The fourth-order valence-corrected chi connectivity index (χ4v) is 2.17. The molecule has 1 aromatic rings. The molecule has 2 N–H and O–H groups in total. The molecule has 100 valence electrons. The number of amides is 1. The van der Waals surface area contributed by atoms with E-state index in [4.69, 9.17) is 5.11 Å². The quantitative estimate of drug-likeness (QED) is 0.823. The van der Waals surface area contributed by atoms with Gasteiger partial charge in [-0.05, 0) is 12.8 Å². The Morgan fingerprint density at radius 3 is 2.67 bits per heavy atom. The highest BCUT2D eigenvalue weighted by Crippen LogP contribution is 2.10. The van der Waals surface area contributed by atoms with Crippen molar-refractivity contribution in [1.29, 1.82) is 0 Å². The molecule has 2 atom stereocenters. The summed E-state index contributed by atoms with van der Waals surface area (Å²) in [5, 5.41) is 14.3. The van der Waals surface area contributed by atoms with Crippen LogP contribution in [0.2, 0.25) is 0 Å². The Hall–Kier alpha value is -1.43. The lowest BCUT2D eigenvalue weighted by atomic mass is 9.99. The topological polar surface area (TPSA) is 79.3 Å². The van der Waals surface area contributed by atoms with Gasteiger partial charge in [0.05, 0.1) is 17.1 Å². The first-order chi connectivity index (χ1) is 8.43. The molecule has 1 amide bonds. The zero-order valence-electron chi connectivity index (χ0n) is 10.8. The second-order valence-corrected chi connectivity index (χ2v) is 5.37. The van der Waals surface area contributed by atoms with E-state index in [2.05, 4.69) is 10.3 Å². The summed E-state index contributed by atoms with van der Waals surface area (Å²) in [4.78, 5) is 27.0. The van der Waals surface area contributed by atoms with Crippen LogP contribution < -0.4 is 5.32 Å². The third-order valence-corrected chi connectivity index (χ3v) is 3.63. The van der Waals surface area contributed by atoms with Gasteiger partial charge in [0.2, 0.25) is 5.91 Å². The number of nitrogens with zero attached hydrogens (tertiary/aromatic N) is 1. The maximum absolute atomic E-state index is 11.7. The zero-order valence-corrected chi connectivity index (χ0v) is 11.6. The van der Waals surface area contributed by atoms with Crippen LogP contribution in [0, 0.1) is 12.8 Å². The summed E-state index contributed by atoms with van der Waals surface area (Å²) < 4.78 is 0. The Morgan fingerprint density at radius 2 is 2.22 bits per heavy atom. The molecule has 1 rings (SSSR count). The van der Waals surface area contributed by atoms with Crippen LogP contribution in [0.3, 0.4) is 0 Å². The van der Waals surface area contributed by atoms with E-state index >= 15 is 0 Å². The van der Waals surface area contributed by atoms with Gasteiger partial charge in [-0.1, -0.05) is 20.3 Å². The fourth-order valence-electron chi connectivity index (χ4n) is 1.56. The molecular weight excluding hydrogens is 252 g/mol. The molecule has 0 fully saturated rings. The van der Waals surface area contributed by atoms with Crippen molar-refractivity contribution in [2.45, 2.75) is 39.7 Å². The van der Waals surface area contributed by atoms with Gasteiger partial charge in [0.15, 0.2) is 0 Å². The van der Waals surface area contributed by atoms with E-state index in [1.807, 2.05) is 26.2 Å². The van der Waals surface area contributed by atoms with Crippen LogP contribution in [0.25, 0.3) is 0 Å². The van der Waals surface area contributed by atoms with Gasteiger partial charge >= 0.3 is 5.97 Å². The number of hydrogen-bond donors (Lipinski definition) is 2. The van der Waals surface area contributed by atoms with E-state index in [1.54, 1.807) is 0 Å². The zero-order chi connectivity index (χ0) is 13.7. The van der Waals surface area contributed by atoms with E-state index in [9.17, 15) is 9.59 Å². The summed E-state index contributed by atoms with van der Waals surface area (Å²) in [7, 11) is 0. The first-order valence-corrected chi connectivity index (χ1v) is 6.75. The maximum atomic E-state index is 11.7. The number of carbonyl (C=O) groups excluding carboxylic acids is 1. The molecule has 0 bridgehead atoms. The summed E-state index contributed by atoms with van der Waals surface area (Å²) >= 11 is 1.47. The summed E-state index contributed by atoms with van der Waals surface area (Å²) in [6.45, 7) is 5.58. The molecule has 1 heterocycles. The normalized spacial score (nSPS) is 13.9. The predicted molar refractivity (Wildman–Crippen MR) is 69.6 cm³/mol. The van der Waals surface area contributed by atoms with Crippen LogP contribution in [0.5, 0.6) is 0 Å². The molecular formula is C12H18N2O3S. The smallest absolute Gasteiger partial charge is 0.326 e. The molecule has 0 aliphatic heterocycles. The van der Waals surface area contributed by atoms with E-state index in [0.29, 0.717) is 12.1 Å². The largest absolute Gasteiger partial charge is 0.480 e. The van der Waals surface area contributed by atoms with Crippen LogP contribution in [-0.2, 0) is 16.0 Å². The van der Waals surface area contributed by atoms with Crippen LogP contribution >= 0.6 is 11.3 Å². The second kappa shape index (κ2) is 6.49. The van der Waals surface area contributed by atoms with E-state index in [0.717, 1.165) is 5.01 Å². The first kappa shape index (κ1) is 14.6. The standard InChI is InChI=1S/C12H18N2O3S/c1-4-7(2)11(12(16)17)14-10(15)5-9-6-18-8(3)13-9/h6-7,11H,4-5H2,1-3H3,(H,14,15)(H,16,17)/t7?,11-/m0/s1. The number of hydrogen-bond acceptors (Lipinski definition) is 4. The summed E-state index contributed by atoms with van der Waals surface area (Å²) in [6.07, 6.45) is 0.831. The highest BCUT2D eigenvalue weighted by molar-refractivity contribution is 7.09. The Bertz CT molecular complexity index is 431. The molecule has 0 aliphatic carbocycles. The maximum Gasteiger partial charge on any atom is 0.326 e. The van der Waals surface area contributed by atoms with Crippen LogP contribution in [-0.4, -0.2) is 28.0 Å². The summed E-state index contributed by atoms with van der Waals surface area (Å²) in [6, 6.07) is -0.831. The lowest BCUT2D eigenvalue weighted by Gasteiger charge is -2.19. The van der Waals surface area contributed by atoms with Crippen molar-refractivity contribution >= 4 is 23.2 Å². The third kappa shape index (κ3) is 4.10. The SMILES string of the molecule is CCC(C)[C@H](NC(=O)Cc1csc(C)n1)C(=O)O. The molecule has 6 heteroatoms. The predicted octanol–water partition coefficient (Wildman–Crippen LogP) is 1.61. The molecule has 1 aromatic heterocycles. The van der Waals surface area contributed by atoms with Gasteiger partial charge in [-0.25, -0.2) is 9.78 Å². The van der Waals surface area contributed by atoms with E-state index in [1.165, 1.54) is 11.3 Å². The van der Waals surface area contributed by atoms with Gasteiger partial charge in [-0.15, -0.1) is 11.3 Å². The Balaban J connectivity index is 2.59. The van der Waals surface area contributed by atoms with Crippen molar-refractivity contribution < 1.29 is 14.7 Å². The number of aryl methyl sites for hydroxylation is 1. The number of carboxylic acids is 1. The monoisotopic (exact) mass is 270 g/mol. The second-order valence-electron chi connectivity index (χ2n) is 4.30. The fraction of sp³-hybridized carbons (Fsp3) is 0.583. The van der Waals surface area contributed by atoms with Crippen molar-refractivity contribution in [1.82, 2.24) is 10.3 Å². The van der Waals surface area contributed by atoms with Gasteiger partial charge in [-0.2, -0.15) is 0 Å². The molecule has 5 nitrogen and oxygen atoms in total. The van der Waals surface area contributed by atoms with E-state index < -0.39 is 12.0 Å². The molecule has 0 aromatic carbocycles. The number of carboxylic acid groups (broad SMARTS) is 1. The minimum absolute atomic E-state index is 0.0939.